The number of hydrogen-bond acceptors (Lipinski definition) is 10. The summed E-state index contributed by atoms with van der Waals surface area (Å²) in [5.41, 5.74) is 1.62. The molecule has 1 aliphatic rings. The monoisotopic (exact) mass is 543 g/mol. The van der Waals surface area contributed by atoms with Crippen LogP contribution in [0.25, 0.3) is 22.6 Å². The number of phenols is 1. The van der Waals surface area contributed by atoms with Crippen molar-refractivity contribution in [2.45, 2.75) is 13.0 Å². The van der Waals surface area contributed by atoms with Crippen LogP contribution in [0, 0.1) is 20.4 Å². The fraction of sp³-hybridized carbons (Fsp3) is 0.158. The number of aromatic hydroxyl groups is 1. The predicted molar refractivity (Wildman–Crippen MR) is 110 cm³/mol. The number of nitro groups is 1. The van der Waals surface area contributed by atoms with Gasteiger partial charge in [-0.15, -0.1) is 0 Å². The molecular weight excluding hydrogens is 530 g/mol. The molecular formula is C19H15BrClN3O9. The standard InChI is InChI=1S/C19H14BrN3O5.ClHO4/c1-28-16-8-10(7-14(20)17(16)24)6-11-4-5-22-18(11)21-15-3-2-12(23(26)27)9-13(15)19(22)25;2-1(3,4)5/h2-3,6-9,24H,4-5H2,1H3;(H,2,3,4,5)/b11-6+;. The molecule has 0 aliphatic carbocycles. The number of halogens is 2. The third kappa shape index (κ3) is 5.65. The number of ether oxygens (including phenoxy) is 1. The van der Waals surface area contributed by atoms with Crippen LogP contribution in [0.2, 0.25) is 0 Å². The van der Waals surface area contributed by atoms with Crippen LogP contribution >= 0.6 is 15.9 Å². The van der Waals surface area contributed by atoms with E-state index in [9.17, 15) is 20.0 Å². The molecule has 0 unspecified atom stereocenters. The molecule has 33 heavy (non-hydrogen) atoms. The summed E-state index contributed by atoms with van der Waals surface area (Å²) < 4.78 is 39.9. The topological polar surface area (TPSA) is 197 Å². The molecule has 4 rings (SSSR count). The first-order chi connectivity index (χ1) is 15.4. The minimum Gasteiger partial charge on any atom is -0.503 e. The maximum Gasteiger partial charge on any atom is 0.270 e. The Morgan fingerprint density at radius 2 is 1.94 bits per heavy atom. The average molecular weight is 545 g/mol. The molecule has 2 N–H and O–H groups in total. The number of hydrogen-bond donors (Lipinski definition) is 2. The van der Waals surface area contributed by atoms with Crippen LogP contribution in [0.4, 0.5) is 5.69 Å². The van der Waals surface area contributed by atoms with Gasteiger partial charge in [-0.25, -0.2) is 4.98 Å². The fourth-order valence-electron chi connectivity index (χ4n) is 3.29. The van der Waals surface area contributed by atoms with E-state index < -0.39 is 15.2 Å². The van der Waals surface area contributed by atoms with E-state index in [0.717, 1.165) is 11.1 Å². The molecule has 174 valence electrons. The van der Waals surface area contributed by atoms with Crippen LogP contribution in [0.15, 0.2) is 39.6 Å². The molecule has 2 heterocycles. The molecule has 3 aromatic rings. The Labute approximate surface area is 195 Å². The molecule has 0 amide bonds. The Hall–Kier alpha value is -3.07. The first kappa shape index (κ1) is 24.6. The molecule has 1 aromatic heterocycles. The average Bonchev–Trinajstić information content (AvgIpc) is 3.12. The van der Waals surface area contributed by atoms with E-state index in [2.05, 4.69) is 20.9 Å². The van der Waals surface area contributed by atoms with Crippen LogP contribution in [0.5, 0.6) is 11.5 Å². The molecule has 12 nitrogen and oxygen atoms in total. The smallest absolute Gasteiger partial charge is 0.270 e. The Morgan fingerprint density at radius 1 is 1.27 bits per heavy atom. The summed E-state index contributed by atoms with van der Waals surface area (Å²) in [7, 11) is -3.23. The van der Waals surface area contributed by atoms with Gasteiger partial charge < -0.3 is 9.84 Å². The molecule has 0 radical (unpaired) electrons. The van der Waals surface area contributed by atoms with E-state index in [1.165, 1.54) is 29.9 Å². The Bertz CT molecular complexity index is 1330. The highest BCUT2D eigenvalue weighted by Gasteiger charge is 2.22. The van der Waals surface area contributed by atoms with Crippen molar-refractivity contribution in [2.24, 2.45) is 0 Å². The van der Waals surface area contributed by atoms with Gasteiger partial charge in [0.15, 0.2) is 11.5 Å². The van der Waals surface area contributed by atoms with Gasteiger partial charge in [0, 0.05) is 18.7 Å². The van der Waals surface area contributed by atoms with Crippen molar-refractivity contribution in [1.82, 2.24) is 9.55 Å². The van der Waals surface area contributed by atoms with Crippen LogP contribution in [0.3, 0.4) is 0 Å². The van der Waals surface area contributed by atoms with E-state index in [1.807, 2.05) is 6.08 Å². The number of methoxy groups -OCH3 is 1. The van der Waals surface area contributed by atoms with E-state index in [-0.39, 0.29) is 22.4 Å². The summed E-state index contributed by atoms with van der Waals surface area (Å²) >= 11 is 3.30. The van der Waals surface area contributed by atoms with Gasteiger partial charge in [-0.1, -0.05) is 0 Å². The molecule has 0 saturated heterocycles. The maximum absolute atomic E-state index is 12.8. The van der Waals surface area contributed by atoms with E-state index in [1.54, 1.807) is 12.1 Å². The van der Waals surface area contributed by atoms with Gasteiger partial charge in [-0.3, -0.25) is 19.5 Å². The van der Waals surface area contributed by atoms with Gasteiger partial charge in [0.1, 0.15) is 5.82 Å². The van der Waals surface area contributed by atoms with Gasteiger partial charge in [0.2, 0.25) is 0 Å². The van der Waals surface area contributed by atoms with Crippen molar-refractivity contribution < 1.29 is 43.6 Å². The van der Waals surface area contributed by atoms with Crippen molar-refractivity contribution in [2.75, 3.05) is 7.11 Å². The fourth-order valence-corrected chi connectivity index (χ4v) is 3.75. The number of nitro benzene ring substituents is 1. The summed E-state index contributed by atoms with van der Waals surface area (Å²) in [6.45, 7) is 0.446. The molecule has 0 atom stereocenters. The van der Waals surface area contributed by atoms with Crippen molar-refractivity contribution >= 4 is 44.2 Å². The summed E-state index contributed by atoms with van der Waals surface area (Å²) in [4.78, 5) is 27.8. The maximum atomic E-state index is 12.8. The normalized spacial score (nSPS) is 14.1. The number of rotatable bonds is 3. The minimum absolute atomic E-state index is 0.0124. The number of aromatic nitrogens is 2. The second kappa shape index (κ2) is 9.43. The zero-order valence-corrected chi connectivity index (χ0v) is 19.1. The van der Waals surface area contributed by atoms with Crippen LogP contribution in [-0.4, -0.2) is 31.3 Å². The highest BCUT2D eigenvalue weighted by molar-refractivity contribution is 9.10. The largest absolute Gasteiger partial charge is 0.503 e. The quantitative estimate of drug-likeness (QED) is 0.323. The molecule has 0 fully saturated rings. The summed E-state index contributed by atoms with van der Waals surface area (Å²) in [5.74, 6) is 0.878. The lowest BCUT2D eigenvalue weighted by Crippen LogP contribution is -2.58. The first-order valence-corrected chi connectivity index (χ1v) is 11.0. The zero-order chi connectivity index (χ0) is 24.5. The number of allylic oxidation sites excluding steroid dienone is 1. The van der Waals surface area contributed by atoms with Crippen LogP contribution < -0.4 is 24.3 Å². The Kier molecular flexibility index (Phi) is 7.02. The van der Waals surface area contributed by atoms with E-state index in [4.69, 9.17) is 23.4 Å². The van der Waals surface area contributed by atoms with Gasteiger partial charge in [0.05, 0.1) is 42.3 Å². The second-order valence-corrected chi connectivity index (χ2v) is 8.37. The SMILES string of the molecule is COc1cc(/C=C2\CCn3c2nc2ccc([N+](=O)[O-])cc2c3=O)cc(Br)c1O.[O-][Cl+3]([O-])([O-])O. The molecule has 2 aromatic carbocycles. The molecule has 14 heteroatoms. The van der Waals surface area contributed by atoms with Crippen molar-refractivity contribution in [1.29, 1.82) is 0 Å². The van der Waals surface area contributed by atoms with Gasteiger partial charge in [-0.05, 0) is 57.8 Å². The second-order valence-electron chi connectivity index (χ2n) is 6.72. The lowest BCUT2D eigenvalue weighted by atomic mass is 10.1. The minimum atomic E-state index is -4.69. The van der Waals surface area contributed by atoms with E-state index in [0.29, 0.717) is 34.5 Å². The highest BCUT2D eigenvalue weighted by Crippen LogP contribution is 2.37. The Balaban J connectivity index is 0.000000555. The van der Waals surface area contributed by atoms with Gasteiger partial charge in [-0.2, -0.15) is 14.0 Å². The number of fused-ring (bicyclic) bond motifs is 2. The predicted octanol–water partition coefficient (Wildman–Crippen LogP) is -0.398. The number of phenolic OH excluding ortho intramolecular Hbond substituents is 1. The van der Waals surface area contributed by atoms with Crippen molar-refractivity contribution in [3.63, 3.8) is 0 Å². The van der Waals surface area contributed by atoms with Crippen molar-refractivity contribution in [3.8, 4) is 11.5 Å². The molecule has 0 saturated carbocycles. The third-order valence-electron chi connectivity index (χ3n) is 4.65. The van der Waals surface area contributed by atoms with Gasteiger partial charge in [0.25, 0.3) is 11.2 Å². The summed E-state index contributed by atoms with van der Waals surface area (Å²) in [6.07, 6.45) is 2.48. The van der Waals surface area contributed by atoms with Gasteiger partial charge >= 0.3 is 0 Å². The summed E-state index contributed by atoms with van der Waals surface area (Å²) in [5, 5.41) is 21.2. The van der Waals surface area contributed by atoms with Crippen LogP contribution in [0.1, 0.15) is 17.8 Å². The summed E-state index contributed by atoms with van der Waals surface area (Å²) in [6, 6.07) is 7.54. The number of non-ortho nitro benzene ring substituents is 1. The molecule has 0 spiro atoms. The lowest BCUT2D eigenvalue weighted by molar-refractivity contribution is -1.92. The number of benzene rings is 2. The van der Waals surface area contributed by atoms with Crippen molar-refractivity contribution in [3.05, 3.63) is 66.7 Å². The highest BCUT2D eigenvalue weighted by atomic mass is 79.9. The Morgan fingerprint density at radius 3 is 2.55 bits per heavy atom. The zero-order valence-electron chi connectivity index (χ0n) is 16.7. The molecule has 1 aliphatic heterocycles. The van der Waals surface area contributed by atoms with E-state index >= 15 is 0 Å². The lowest BCUT2D eigenvalue weighted by Gasteiger charge is -2.08. The molecule has 0 bridgehead atoms. The third-order valence-corrected chi connectivity index (χ3v) is 5.26. The number of nitrogens with zero attached hydrogens (tertiary/aromatic N) is 3. The van der Waals surface area contributed by atoms with Crippen LogP contribution in [-0.2, 0) is 6.54 Å². The first-order valence-electron chi connectivity index (χ1n) is 8.98.